The van der Waals surface area contributed by atoms with Crippen molar-refractivity contribution in [3.63, 3.8) is 0 Å². The maximum absolute atomic E-state index is 12.7. The maximum atomic E-state index is 12.7. The number of nitrogens with two attached hydrogens (primary N) is 1. The van der Waals surface area contributed by atoms with E-state index in [4.69, 9.17) is 5.73 Å². The Kier molecular flexibility index (Phi) is 3.92. The third-order valence-corrected chi connectivity index (χ3v) is 4.18. The molecule has 17 heavy (non-hydrogen) atoms. The largest absolute Gasteiger partial charge is 0.339 e. The molecule has 0 heterocycles. The molecule has 1 saturated carbocycles. The van der Waals surface area contributed by atoms with Crippen LogP contribution in [0.15, 0.2) is 0 Å². The Morgan fingerprint density at radius 2 is 1.76 bits per heavy atom. The number of hydrogen-bond acceptors (Lipinski definition) is 2. The van der Waals surface area contributed by atoms with E-state index in [2.05, 4.69) is 13.8 Å². The fourth-order valence-electron chi connectivity index (χ4n) is 1.74. The van der Waals surface area contributed by atoms with E-state index in [1.54, 1.807) is 0 Å². The zero-order valence-electron chi connectivity index (χ0n) is 12.2. The average Bonchev–Trinajstić information content (AvgIpc) is 2.94. The molecular formula is C14H28N2O. The van der Waals surface area contributed by atoms with Gasteiger partial charge in [-0.25, -0.2) is 0 Å². The van der Waals surface area contributed by atoms with Crippen molar-refractivity contribution in [2.45, 2.75) is 66.0 Å². The third-order valence-electron chi connectivity index (χ3n) is 4.18. The molecule has 100 valence electrons. The number of hydrogen-bond donors (Lipinski definition) is 1. The summed E-state index contributed by atoms with van der Waals surface area (Å²) in [5.41, 5.74) is 5.13. The molecule has 1 aliphatic carbocycles. The van der Waals surface area contributed by atoms with Crippen molar-refractivity contribution in [1.29, 1.82) is 0 Å². The van der Waals surface area contributed by atoms with Crippen molar-refractivity contribution in [2.24, 2.45) is 17.1 Å². The van der Waals surface area contributed by atoms with Gasteiger partial charge in [-0.1, -0.05) is 0 Å². The Hall–Kier alpha value is -0.570. The molecule has 0 aromatic heterocycles. The highest BCUT2D eigenvalue weighted by atomic mass is 16.2. The Balaban J connectivity index is 2.82. The Morgan fingerprint density at radius 3 is 2.06 bits per heavy atom. The molecule has 3 heteroatoms. The second-order valence-corrected chi connectivity index (χ2v) is 6.84. The quantitative estimate of drug-likeness (QED) is 0.802. The molecule has 0 spiro atoms. The monoisotopic (exact) mass is 240 g/mol. The van der Waals surface area contributed by atoms with Gasteiger partial charge in [-0.3, -0.25) is 4.79 Å². The van der Waals surface area contributed by atoms with Crippen LogP contribution in [0.1, 0.15) is 54.4 Å². The minimum Gasteiger partial charge on any atom is -0.339 e. The van der Waals surface area contributed by atoms with E-state index >= 15 is 0 Å². The molecule has 1 fully saturated rings. The van der Waals surface area contributed by atoms with Crippen molar-refractivity contribution < 1.29 is 4.79 Å². The lowest BCUT2D eigenvalue weighted by Gasteiger charge is -2.42. The van der Waals surface area contributed by atoms with Gasteiger partial charge in [-0.05, 0) is 60.3 Å². The second-order valence-electron chi connectivity index (χ2n) is 6.84. The van der Waals surface area contributed by atoms with Crippen LogP contribution in [0.3, 0.4) is 0 Å². The van der Waals surface area contributed by atoms with Crippen LogP contribution in [0.5, 0.6) is 0 Å². The first-order valence-corrected chi connectivity index (χ1v) is 6.67. The second kappa shape index (κ2) is 4.60. The van der Waals surface area contributed by atoms with Gasteiger partial charge in [0, 0.05) is 18.1 Å². The summed E-state index contributed by atoms with van der Waals surface area (Å²) in [6.07, 6.45) is 2.53. The van der Waals surface area contributed by atoms with Crippen LogP contribution in [0.25, 0.3) is 0 Å². The first kappa shape index (κ1) is 14.5. The van der Waals surface area contributed by atoms with Crippen molar-refractivity contribution in [1.82, 2.24) is 4.90 Å². The summed E-state index contributed by atoms with van der Waals surface area (Å²) in [7, 11) is 0. The maximum Gasteiger partial charge on any atom is 0.230 e. The molecule has 0 aromatic rings. The fraction of sp³-hybridized carbons (Fsp3) is 0.929. The number of carbonyl (C=O) groups excluding carboxylic acids is 1. The summed E-state index contributed by atoms with van der Waals surface area (Å²) in [6.45, 7) is 12.8. The van der Waals surface area contributed by atoms with E-state index < -0.39 is 11.0 Å². The fourth-order valence-corrected chi connectivity index (χ4v) is 1.74. The topological polar surface area (TPSA) is 46.3 Å². The molecule has 0 radical (unpaired) electrons. The van der Waals surface area contributed by atoms with Crippen molar-refractivity contribution >= 4 is 5.91 Å². The lowest BCUT2D eigenvalue weighted by Crippen LogP contribution is -2.58. The number of carbonyl (C=O) groups is 1. The minimum atomic E-state index is -0.522. The van der Waals surface area contributed by atoms with Crippen molar-refractivity contribution in [2.75, 3.05) is 6.54 Å². The van der Waals surface area contributed by atoms with Crippen LogP contribution >= 0.6 is 0 Å². The van der Waals surface area contributed by atoms with Gasteiger partial charge in [0.1, 0.15) is 0 Å². The van der Waals surface area contributed by atoms with Crippen LogP contribution < -0.4 is 5.73 Å². The van der Waals surface area contributed by atoms with E-state index in [0.29, 0.717) is 0 Å². The van der Waals surface area contributed by atoms with Gasteiger partial charge in [0.15, 0.2) is 0 Å². The molecule has 0 aromatic carbocycles. The standard InChI is InChI=1S/C14H28N2O/c1-10(2)16(9-11-7-8-11)12(17)13(3,4)14(5,6)15/h10-11H,7-9,15H2,1-6H3. The van der Waals surface area contributed by atoms with E-state index in [9.17, 15) is 4.79 Å². The van der Waals surface area contributed by atoms with Crippen LogP contribution in [-0.4, -0.2) is 28.9 Å². The van der Waals surface area contributed by atoms with Gasteiger partial charge >= 0.3 is 0 Å². The molecule has 1 aliphatic rings. The van der Waals surface area contributed by atoms with Crippen LogP contribution in [-0.2, 0) is 4.79 Å². The van der Waals surface area contributed by atoms with Crippen LogP contribution in [0, 0.1) is 11.3 Å². The predicted molar refractivity (Wildman–Crippen MR) is 71.6 cm³/mol. The van der Waals surface area contributed by atoms with E-state index in [1.807, 2.05) is 32.6 Å². The molecule has 3 nitrogen and oxygen atoms in total. The first-order chi connectivity index (χ1) is 7.57. The highest BCUT2D eigenvalue weighted by Gasteiger charge is 2.44. The lowest BCUT2D eigenvalue weighted by molar-refractivity contribution is -0.145. The highest BCUT2D eigenvalue weighted by molar-refractivity contribution is 5.83. The van der Waals surface area contributed by atoms with Gasteiger partial charge < -0.3 is 10.6 Å². The minimum absolute atomic E-state index is 0.187. The van der Waals surface area contributed by atoms with Crippen molar-refractivity contribution in [3.8, 4) is 0 Å². The van der Waals surface area contributed by atoms with Crippen LogP contribution in [0.4, 0.5) is 0 Å². The molecule has 0 bridgehead atoms. The van der Waals surface area contributed by atoms with Gasteiger partial charge in [0.05, 0.1) is 5.41 Å². The van der Waals surface area contributed by atoms with E-state index in [1.165, 1.54) is 12.8 Å². The molecule has 1 amide bonds. The van der Waals surface area contributed by atoms with Crippen LogP contribution in [0.2, 0.25) is 0 Å². The third kappa shape index (κ3) is 3.21. The molecule has 2 N–H and O–H groups in total. The average molecular weight is 240 g/mol. The van der Waals surface area contributed by atoms with E-state index in [0.717, 1.165) is 12.5 Å². The molecule has 0 aliphatic heterocycles. The summed E-state index contributed by atoms with van der Waals surface area (Å²) in [6, 6.07) is 0.254. The molecule has 0 saturated heterocycles. The van der Waals surface area contributed by atoms with Gasteiger partial charge in [0.25, 0.3) is 0 Å². The Bertz CT molecular complexity index is 285. The summed E-state index contributed by atoms with van der Waals surface area (Å²) in [5.74, 6) is 0.907. The highest BCUT2D eigenvalue weighted by Crippen LogP contribution is 2.35. The molecule has 1 rings (SSSR count). The van der Waals surface area contributed by atoms with Gasteiger partial charge in [-0.15, -0.1) is 0 Å². The Labute approximate surface area is 106 Å². The number of nitrogens with zero attached hydrogens (tertiary/aromatic N) is 1. The van der Waals surface area contributed by atoms with E-state index in [-0.39, 0.29) is 11.9 Å². The normalized spacial score (nSPS) is 17.4. The zero-order valence-corrected chi connectivity index (χ0v) is 12.2. The molecular weight excluding hydrogens is 212 g/mol. The summed E-state index contributed by atoms with van der Waals surface area (Å²) in [5, 5.41) is 0. The summed E-state index contributed by atoms with van der Waals surface area (Å²) >= 11 is 0. The summed E-state index contributed by atoms with van der Waals surface area (Å²) in [4.78, 5) is 14.7. The molecule has 0 atom stereocenters. The first-order valence-electron chi connectivity index (χ1n) is 6.67. The summed E-state index contributed by atoms with van der Waals surface area (Å²) < 4.78 is 0. The number of rotatable bonds is 5. The predicted octanol–water partition coefficient (Wildman–Crippen LogP) is 2.40. The SMILES string of the molecule is CC(C)N(CC1CC1)C(=O)C(C)(C)C(C)(C)N. The number of amides is 1. The smallest absolute Gasteiger partial charge is 0.230 e. The van der Waals surface area contributed by atoms with Gasteiger partial charge in [-0.2, -0.15) is 0 Å². The molecule has 0 unspecified atom stereocenters. The van der Waals surface area contributed by atoms with Gasteiger partial charge in [0.2, 0.25) is 5.91 Å². The Morgan fingerprint density at radius 1 is 1.29 bits per heavy atom. The lowest BCUT2D eigenvalue weighted by atomic mass is 9.74. The van der Waals surface area contributed by atoms with Crippen molar-refractivity contribution in [3.05, 3.63) is 0 Å². The zero-order chi connectivity index (χ0) is 13.4.